The van der Waals surface area contributed by atoms with Crippen LogP contribution in [0.15, 0.2) is 35.5 Å². The molecule has 1 aromatic heterocycles. The van der Waals surface area contributed by atoms with Gasteiger partial charge in [-0.15, -0.1) is 24.0 Å². The molecule has 2 aromatic rings. The zero-order chi connectivity index (χ0) is 21.8. The predicted octanol–water partition coefficient (Wildman–Crippen LogP) is 4.89. The molecule has 0 aliphatic heterocycles. The first-order valence-electron chi connectivity index (χ1n) is 8.73. The fourth-order valence-electron chi connectivity index (χ4n) is 2.65. The number of halogens is 7. The minimum absolute atomic E-state index is 0. The van der Waals surface area contributed by atoms with Gasteiger partial charge in [0, 0.05) is 25.4 Å². The van der Waals surface area contributed by atoms with Crippen molar-refractivity contribution in [1.29, 1.82) is 0 Å². The van der Waals surface area contributed by atoms with E-state index in [4.69, 9.17) is 0 Å². The highest BCUT2D eigenvalue weighted by Gasteiger charge is 2.36. The minimum atomic E-state index is -4.61. The van der Waals surface area contributed by atoms with E-state index >= 15 is 0 Å². The lowest BCUT2D eigenvalue weighted by molar-refractivity contribution is -0.142. The summed E-state index contributed by atoms with van der Waals surface area (Å²) in [5.74, 6) is 0.175. The lowest BCUT2D eigenvalue weighted by atomic mass is 10.1. The molecule has 0 fully saturated rings. The third-order valence-electron chi connectivity index (χ3n) is 3.99. The number of aromatic nitrogens is 2. The molecule has 168 valence electrons. The van der Waals surface area contributed by atoms with Crippen LogP contribution in [0.1, 0.15) is 42.3 Å². The van der Waals surface area contributed by atoms with Gasteiger partial charge >= 0.3 is 12.4 Å². The van der Waals surface area contributed by atoms with Crippen molar-refractivity contribution in [1.82, 2.24) is 20.4 Å². The van der Waals surface area contributed by atoms with Gasteiger partial charge in [-0.25, -0.2) is 4.99 Å². The van der Waals surface area contributed by atoms with E-state index in [9.17, 15) is 26.3 Å². The Kier molecular flexibility index (Phi) is 8.99. The van der Waals surface area contributed by atoms with Crippen molar-refractivity contribution < 1.29 is 26.3 Å². The second kappa shape index (κ2) is 10.4. The zero-order valence-corrected chi connectivity index (χ0v) is 18.7. The Hall–Kier alpha value is -1.99. The first kappa shape index (κ1) is 26.0. The van der Waals surface area contributed by atoms with E-state index < -0.39 is 29.7 Å². The van der Waals surface area contributed by atoms with Gasteiger partial charge in [-0.1, -0.05) is 12.1 Å². The van der Waals surface area contributed by atoms with Crippen molar-refractivity contribution in [2.75, 3.05) is 6.54 Å². The molecule has 12 heteroatoms. The van der Waals surface area contributed by atoms with E-state index in [-0.39, 0.29) is 42.0 Å². The Morgan fingerprint density at radius 3 is 2.40 bits per heavy atom. The van der Waals surface area contributed by atoms with Crippen LogP contribution in [0.5, 0.6) is 0 Å². The third kappa shape index (κ3) is 7.06. The van der Waals surface area contributed by atoms with Crippen LogP contribution in [0.25, 0.3) is 0 Å². The van der Waals surface area contributed by atoms with E-state index in [0.717, 1.165) is 16.8 Å². The van der Waals surface area contributed by atoms with Crippen molar-refractivity contribution >= 4 is 29.9 Å². The molecule has 30 heavy (non-hydrogen) atoms. The van der Waals surface area contributed by atoms with Gasteiger partial charge in [0.25, 0.3) is 0 Å². The quantitative estimate of drug-likeness (QED) is 0.242. The van der Waals surface area contributed by atoms with Gasteiger partial charge in [-0.05, 0) is 31.5 Å². The highest BCUT2D eigenvalue weighted by molar-refractivity contribution is 14.0. The summed E-state index contributed by atoms with van der Waals surface area (Å²) in [6.07, 6.45) is -7.85. The second-order valence-electron chi connectivity index (χ2n) is 6.36. The van der Waals surface area contributed by atoms with Crippen molar-refractivity contribution in [2.24, 2.45) is 12.0 Å². The summed E-state index contributed by atoms with van der Waals surface area (Å²) >= 11 is 0. The first-order valence-corrected chi connectivity index (χ1v) is 8.73. The Morgan fingerprint density at radius 2 is 1.83 bits per heavy atom. The van der Waals surface area contributed by atoms with Gasteiger partial charge in [0.2, 0.25) is 0 Å². The van der Waals surface area contributed by atoms with E-state index in [1.165, 1.54) is 25.4 Å². The number of benzene rings is 1. The average molecular weight is 549 g/mol. The normalized spacial score (nSPS) is 13.6. The number of hydrogen-bond acceptors (Lipinski definition) is 2. The summed E-state index contributed by atoms with van der Waals surface area (Å²) in [5.41, 5.74) is -1.55. The molecule has 1 unspecified atom stereocenters. The Labute approximate surface area is 187 Å². The molecular formula is C18H22F6IN5. The van der Waals surface area contributed by atoms with E-state index in [1.54, 1.807) is 13.8 Å². The highest BCUT2D eigenvalue weighted by atomic mass is 127. The fraction of sp³-hybridized carbons (Fsp3) is 0.444. The topological polar surface area (TPSA) is 54.2 Å². The maximum atomic E-state index is 13.1. The number of nitrogens with one attached hydrogen (secondary N) is 2. The molecule has 2 rings (SSSR count). The van der Waals surface area contributed by atoms with Crippen LogP contribution in [0.2, 0.25) is 0 Å². The molecule has 0 aliphatic rings. The molecule has 1 heterocycles. The summed E-state index contributed by atoms with van der Waals surface area (Å²) in [7, 11) is 1.38. The molecule has 0 aliphatic carbocycles. The molecule has 1 aromatic carbocycles. The Morgan fingerprint density at radius 1 is 1.17 bits per heavy atom. The predicted molar refractivity (Wildman–Crippen MR) is 111 cm³/mol. The molecule has 1 atom stereocenters. The first-order chi connectivity index (χ1) is 13.4. The number of aliphatic imine (C=N–C) groups is 1. The SMILES string of the molecule is CCNC(=NCc1cn(C)nc1C(F)(F)F)NC(C)c1cccc(C(F)(F)F)c1.I. The van der Waals surface area contributed by atoms with Gasteiger partial charge in [-0.3, -0.25) is 4.68 Å². The monoisotopic (exact) mass is 549 g/mol. The zero-order valence-electron chi connectivity index (χ0n) is 16.4. The van der Waals surface area contributed by atoms with Crippen LogP contribution in [0, 0.1) is 0 Å². The number of hydrogen-bond donors (Lipinski definition) is 2. The van der Waals surface area contributed by atoms with Crippen LogP contribution in [0.3, 0.4) is 0 Å². The maximum Gasteiger partial charge on any atom is 0.435 e. The van der Waals surface area contributed by atoms with E-state index in [0.29, 0.717) is 12.1 Å². The molecule has 2 N–H and O–H groups in total. The van der Waals surface area contributed by atoms with Gasteiger partial charge in [0.1, 0.15) is 0 Å². The van der Waals surface area contributed by atoms with Crippen LogP contribution in [-0.4, -0.2) is 22.3 Å². The largest absolute Gasteiger partial charge is 0.435 e. The summed E-state index contributed by atoms with van der Waals surface area (Å²) in [6.45, 7) is 3.51. The molecule has 0 saturated heterocycles. The lowest BCUT2D eigenvalue weighted by Crippen LogP contribution is -2.38. The number of rotatable bonds is 5. The third-order valence-corrected chi connectivity index (χ3v) is 3.99. The fourth-order valence-corrected chi connectivity index (χ4v) is 2.65. The van der Waals surface area contributed by atoms with Gasteiger partial charge < -0.3 is 10.6 Å². The molecule has 0 spiro atoms. The Bertz CT molecular complexity index is 859. The van der Waals surface area contributed by atoms with Crippen molar-refractivity contribution in [3.63, 3.8) is 0 Å². The standard InChI is InChI=1S/C18H21F6N5.HI/c1-4-25-16(26-9-13-10-29(3)28-15(13)18(22,23)24)27-11(2)12-6-5-7-14(8-12)17(19,20)21;/h5-8,10-11H,4,9H2,1-3H3,(H2,25,26,27);1H. The summed E-state index contributed by atoms with van der Waals surface area (Å²) < 4.78 is 78.9. The molecule has 0 radical (unpaired) electrons. The lowest BCUT2D eigenvalue weighted by Gasteiger charge is -2.19. The van der Waals surface area contributed by atoms with Gasteiger partial charge in [-0.2, -0.15) is 31.4 Å². The van der Waals surface area contributed by atoms with E-state index in [2.05, 4.69) is 20.7 Å². The van der Waals surface area contributed by atoms with Crippen LogP contribution in [0.4, 0.5) is 26.3 Å². The number of guanidine groups is 1. The number of aryl methyl sites for hydroxylation is 1. The average Bonchev–Trinajstić information content (AvgIpc) is 3.00. The number of alkyl halides is 6. The summed E-state index contributed by atoms with van der Waals surface area (Å²) in [4.78, 5) is 4.13. The van der Waals surface area contributed by atoms with Crippen molar-refractivity contribution in [3.05, 3.63) is 52.8 Å². The van der Waals surface area contributed by atoms with Crippen LogP contribution >= 0.6 is 24.0 Å². The smallest absolute Gasteiger partial charge is 0.357 e. The molecular weight excluding hydrogens is 527 g/mol. The highest BCUT2D eigenvalue weighted by Crippen LogP contribution is 2.31. The van der Waals surface area contributed by atoms with Crippen molar-refractivity contribution in [2.45, 2.75) is 38.8 Å². The van der Waals surface area contributed by atoms with Crippen LogP contribution in [-0.2, 0) is 25.9 Å². The summed E-state index contributed by atoms with van der Waals surface area (Å²) in [6, 6.07) is 4.25. The molecule has 5 nitrogen and oxygen atoms in total. The van der Waals surface area contributed by atoms with E-state index in [1.807, 2.05) is 0 Å². The number of nitrogens with zero attached hydrogens (tertiary/aromatic N) is 3. The Balaban J connectivity index is 0.00000450. The molecule has 0 bridgehead atoms. The molecule has 0 saturated carbocycles. The summed E-state index contributed by atoms with van der Waals surface area (Å²) in [5, 5.41) is 9.20. The minimum Gasteiger partial charge on any atom is -0.357 e. The van der Waals surface area contributed by atoms with Gasteiger partial charge in [0.05, 0.1) is 18.2 Å². The van der Waals surface area contributed by atoms with Gasteiger partial charge in [0.15, 0.2) is 11.7 Å². The second-order valence-corrected chi connectivity index (χ2v) is 6.36. The van der Waals surface area contributed by atoms with Crippen LogP contribution < -0.4 is 10.6 Å². The van der Waals surface area contributed by atoms with Crippen molar-refractivity contribution in [3.8, 4) is 0 Å². The maximum absolute atomic E-state index is 13.1. The molecule has 0 amide bonds.